The maximum absolute atomic E-state index is 11.8. The van der Waals surface area contributed by atoms with Gasteiger partial charge in [0.05, 0.1) is 0 Å². The summed E-state index contributed by atoms with van der Waals surface area (Å²) in [5, 5.41) is 7.14. The number of amides is 1. The molecule has 3 nitrogen and oxygen atoms in total. The zero-order valence-electron chi connectivity index (χ0n) is 10.5. The van der Waals surface area contributed by atoms with Crippen molar-refractivity contribution in [2.75, 3.05) is 25.4 Å². The van der Waals surface area contributed by atoms with E-state index in [9.17, 15) is 4.79 Å². The normalized spacial score (nSPS) is 29.9. The molecule has 4 heteroatoms. The molecule has 98 valence electrons. The van der Waals surface area contributed by atoms with Crippen LogP contribution in [0, 0.1) is 5.92 Å². The van der Waals surface area contributed by atoms with E-state index >= 15 is 0 Å². The number of rotatable bonds is 4. The van der Waals surface area contributed by atoms with Crippen LogP contribution in [0.1, 0.15) is 38.5 Å². The predicted octanol–water partition coefficient (Wildman–Crippen LogP) is 1.78. The fourth-order valence-corrected chi connectivity index (χ4v) is 3.87. The minimum absolute atomic E-state index is 0.255. The van der Waals surface area contributed by atoms with E-state index < -0.39 is 0 Å². The van der Waals surface area contributed by atoms with Crippen molar-refractivity contribution in [1.82, 2.24) is 10.6 Å². The van der Waals surface area contributed by atoms with Crippen LogP contribution in [0.25, 0.3) is 0 Å². The Labute approximate surface area is 108 Å². The molecule has 0 saturated carbocycles. The van der Waals surface area contributed by atoms with Crippen molar-refractivity contribution in [3.63, 3.8) is 0 Å². The van der Waals surface area contributed by atoms with Crippen LogP contribution in [0.3, 0.4) is 0 Å². The molecule has 2 aliphatic rings. The molecule has 0 spiro atoms. The number of carbonyl (C=O) groups excluding carboxylic acids is 1. The highest BCUT2D eigenvalue weighted by Gasteiger charge is 2.18. The number of thioether (sulfide) groups is 1. The lowest BCUT2D eigenvalue weighted by atomic mass is 9.96. The van der Waals surface area contributed by atoms with Gasteiger partial charge < -0.3 is 10.6 Å². The maximum atomic E-state index is 11.8. The number of nitrogens with one attached hydrogen (secondary N) is 2. The molecule has 0 aliphatic carbocycles. The van der Waals surface area contributed by atoms with E-state index in [4.69, 9.17) is 0 Å². The summed E-state index contributed by atoms with van der Waals surface area (Å²) >= 11 is 2.02. The van der Waals surface area contributed by atoms with Gasteiger partial charge in [-0.25, -0.2) is 0 Å². The average Bonchev–Trinajstić information content (AvgIpc) is 2.39. The Morgan fingerprint density at radius 1 is 1.29 bits per heavy atom. The van der Waals surface area contributed by atoms with Crippen molar-refractivity contribution >= 4 is 17.7 Å². The largest absolute Gasteiger partial charge is 0.355 e. The molecule has 0 aromatic rings. The second-order valence-corrected chi connectivity index (χ2v) is 6.62. The molecule has 0 aromatic carbocycles. The number of piperidine rings is 1. The Morgan fingerprint density at radius 3 is 2.94 bits per heavy atom. The second-order valence-electron chi connectivity index (χ2n) is 5.21. The van der Waals surface area contributed by atoms with E-state index in [1.807, 2.05) is 11.8 Å². The summed E-state index contributed by atoms with van der Waals surface area (Å²) in [4.78, 5) is 11.8. The molecule has 2 rings (SSSR count). The molecule has 2 fully saturated rings. The number of carbonyl (C=O) groups is 1. The van der Waals surface area contributed by atoms with Gasteiger partial charge >= 0.3 is 0 Å². The van der Waals surface area contributed by atoms with E-state index in [0.717, 1.165) is 19.6 Å². The zero-order valence-corrected chi connectivity index (χ0v) is 11.4. The van der Waals surface area contributed by atoms with Crippen molar-refractivity contribution in [2.24, 2.45) is 5.92 Å². The van der Waals surface area contributed by atoms with Gasteiger partial charge in [-0.05, 0) is 50.4 Å². The molecule has 2 aliphatic heterocycles. The maximum Gasteiger partial charge on any atom is 0.220 e. The lowest BCUT2D eigenvalue weighted by Crippen LogP contribution is -2.36. The van der Waals surface area contributed by atoms with Gasteiger partial charge in [0.15, 0.2) is 0 Å². The predicted molar refractivity (Wildman–Crippen MR) is 73.3 cm³/mol. The van der Waals surface area contributed by atoms with Crippen LogP contribution in [-0.2, 0) is 4.79 Å². The van der Waals surface area contributed by atoms with Gasteiger partial charge in [0, 0.05) is 18.2 Å². The molecule has 2 N–H and O–H groups in total. The van der Waals surface area contributed by atoms with Crippen molar-refractivity contribution in [1.29, 1.82) is 0 Å². The lowest BCUT2D eigenvalue weighted by molar-refractivity contribution is -0.122. The van der Waals surface area contributed by atoms with Gasteiger partial charge in [-0.15, -0.1) is 0 Å². The first-order valence-corrected chi connectivity index (χ1v) is 7.98. The highest BCUT2D eigenvalue weighted by molar-refractivity contribution is 7.99. The third-order valence-electron chi connectivity index (χ3n) is 3.67. The van der Waals surface area contributed by atoms with Crippen LogP contribution >= 0.6 is 11.8 Å². The molecule has 2 atom stereocenters. The standard InChI is InChI=1S/C13H24N2OS/c16-13(8-11-4-3-6-14-9-11)15-10-12-5-1-2-7-17-12/h11-12,14H,1-10H2,(H,15,16). The van der Waals surface area contributed by atoms with E-state index in [-0.39, 0.29) is 5.91 Å². The van der Waals surface area contributed by atoms with Crippen molar-refractivity contribution in [3.05, 3.63) is 0 Å². The minimum Gasteiger partial charge on any atom is -0.355 e. The first-order chi connectivity index (χ1) is 8.34. The Bertz CT molecular complexity index is 236. The fourth-order valence-electron chi connectivity index (χ4n) is 2.63. The van der Waals surface area contributed by atoms with Crippen LogP contribution < -0.4 is 10.6 Å². The van der Waals surface area contributed by atoms with Crippen molar-refractivity contribution in [2.45, 2.75) is 43.8 Å². The van der Waals surface area contributed by atoms with Crippen LogP contribution in [0.15, 0.2) is 0 Å². The summed E-state index contributed by atoms with van der Waals surface area (Å²) in [6, 6.07) is 0. The van der Waals surface area contributed by atoms with Crippen LogP contribution in [0.5, 0.6) is 0 Å². The molecule has 2 heterocycles. The van der Waals surface area contributed by atoms with Gasteiger partial charge in [0.2, 0.25) is 5.91 Å². The lowest BCUT2D eigenvalue weighted by Gasteiger charge is -2.24. The highest BCUT2D eigenvalue weighted by Crippen LogP contribution is 2.24. The summed E-state index contributed by atoms with van der Waals surface area (Å²) in [6.45, 7) is 3.02. The molecular weight excluding hydrogens is 232 g/mol. The molecule has 0 radical (unpaired) electrons. The second kappa shape index (κ2) is 7.27. The van der Waals surface area contributed by atoms with Crippen molar-refractivity contribution in [3.8, 4) is 0 Å². The Hall–Kier alpha value is -0.220. The van der Waals surface area contributed by atoms with Crippen LogP contribution in [0.2, 0.25) is 0 Å². The SMILES string of the molecule is O=C(CC1CCCNC1)NCC1CCCCS1. The number of hydrogen-bond acceptors (Lipinski definition) is 3. The third kappa shape index (κ3) is 4.88. The zero-order chi connectivity index (χ0) is 11.9. The van der Waals surface area contributed by atoms with E-state index in [1.165, 1.54) is 37.9 Å². The van der Waals surface area contributed by atoms with Crippen LogP contribution in [0.4, 0.5) is 0 Å². The monoisotopic (exact) mass is 256 g/mol. The summed E-state index contributed by atoms with van der Waals surface area (Å²) in [5.41, 5.74) is 0. The van der Waals surface area contributed by atoms with Gasteiger partial charge in [0.25, 0.3) is 0 Å². The highest BCUT2D eigenvalue weighted by atomic mass is 32.2. The molecule has 2 saturated heterocycles. The van der Waals surface area contributed by atoms with E-state index in [0.29, 0.717) is 17.6 Å². The Morgan fingerprint density at radius 2 is 2.24 bits per heavy atom. The van der Waals surface area contributed by atoms with Gasteiger partial charge in [0.1, 0.15) is 0 Å². The molecule has 0 aromatic heterocycles. The quantitative estimate of drug-likeness (QED) is 0.805. The third-order valence-corrected chi connectivity index (χ3v) is 5.07. The first-order valence-electron chi connectivity index (χ1n) is 6.93. The summed E-state index contributed by atoms with van der Waals surface area (Å²) < 4.78 is 0. The smallest absolute Gasteiger partial charge is 0.220 e. The van der Waals surface area contributed by atoms with E-state index in [2.05, 4.69) is 10.6 Å². The molecule has 1 amide bonds. The van der Waals surface area contributed by atoms with Gasteiger partial charge in [-0.2, -0.15) is 11.8 Å². The van der Waals surface area contributed by atoms with E-state index in [1.54, 1.807) is 0 Å². The Kier molecular flexibility index (Phi) is 5.65. The summed E-state index contributed by atoms with van der Waals surface area (Å²) in [6.07, 6.45) is 7.10. The van der Waals surface area contributed by atoms with Gasteiger partial charge in [-0.1, -0.05) is 6.42 Å². The Balaban J connectivity index is 1.59. The first kappa shape index (κ1) is 13.2. The fraction of sp³-hybridized carbons (Fsp3) is 0.923. The summed E-state index contributed by atoms with van der Waals surface area (Å²) in [7, 11) is 0. The van der Waals surface area contributed by atoms with Crippen LogP contribution in [-0.4, -0.2) is 36.5 Å². The summed E-state index contributed by atoms with van der Waals surface area (Å²) in [5.74, 6) is 2.08. The molecule has 17 heavy (non-hydrogen) atoms. The molecular formula is C13H24N2OS. The van der Waals surface area contributed by atoms with Crippen molar-refractivity contribution < 1.29 is 4.79 Å². The topological polar surface area (TPSA) is 41.1 Å². The minimum atomic E-state index is 0.255. The molecule has 0 bridgehead atoms. The average molecular weight is 256 g/mol. The van der Waals surface area contributed by atoms with Gasteiger partial charge in [-0.3, -0.25) is 4.79 Å². The molecule has 2 unspecified atom stereocenters. The number of hydrogen-bond donors (Lipinski definition) is 2.